The van der Waals surface area contributed by atoms with E-state index in [0.29, 0.717) is 24.5 Å². The van der Waals surface area contributed by atoms with Crippen LogP contribution in [-0.4, -0.2) is 33.9 Å². The first-order valence-electron chi connectivity index (χ1n) is 9.70. The molecule has 2 aliphatic rings. The Morgan fingerprint density at radius 1 is 1.25 bits per heavy atom. The lowest BCUT2D eigenvalue weighted by Crippen LogP contribution is -2.45. The molecule has 1 saturated heterocycles. The van der Waals surface area contributed by atoms with Gasteiger partial charge in [0.05, 0.1) is 5.69 Å². The van der Waals surface area contributed by atoms with Gasteiger partial charge in [0, 0.05) is 36.6 Å². The zero-order valence-electron chi connectivity index (χ0n) is 15.9. The monoisotopic (exact) mass is 387 g/mol. The minimum Gasteiger partial charge on any atom is -0.343 e. The summed E-state index contributed by atoms with van der Waals surface area (Å²) in [4.78, 5) is 34.0. The fraction of sp³-hybridized carbons (Fsp3) is 0.476. The molecule has 0 saturated carbocycles. The summed E-state index contributed by atoms with van der Waals surface area (Å²) in [6.07, 6.45) is 3.65. The van der Waals surface area contributed by atoms with Crippen molar-refractivity contribution in [3.63, 3.8) is 0 Å². The highest BCUT2D eigenvalue weighted by atomic mass is 19.1. The number of aryl methyl sites for hydroxylation is 2. The molecule has 0 radical (unpaired) electrons. The van der Waals surface area contributed by atoms with Gasteiger partial charge in [-0.05, 0) is 50.7 Å². The van der Waals surface area contributed by atoms with Gasteiger partial charge in [0.25, 0.3) is 5.56 Å². The lowest BCUT2D eigenvalue weighted by atomic mass is 9.76. The molecule has 0 bridgehead atoms. The number of aromatic amines is 1. The van der Waals surface area contributed by atoms with Crippen LogP contribution >= 0.6 is 0 Å². The lowest BCUT2D eigenvalue weighted by molar-refractivity contribution is -0.132. The number of piperidine rings is 1. The van der Waals surface area contributed by atoms with Crippen molar-refractivity contribution in [3.05, 3.63) is 62.8 Å². The SMILES string of the molecule is Cc1nc2c(c(=O)[nH]1)CCC21CCN(C(=O)CCc2ccc(F)cc2F)CC1. The fourth-order valence-corrected chi connectivity index (χ4v) is 4.56. The Morgan fingerprint density at radius 3 is 2.71 bits per heavy atom. The van der Waals surface area contributed by atoms with Crippen LogP contribution in [0.15, 0.2) is 23.0 Å². The van der Waals surface area contributed by atoms with Crippen LogP contribution < -0.4 is 5.56 Å². The van der Waals surface area contributed by atoms with E-state index in [4.69, 9.17) is 0 Å². The first kappa shape index (κ1) is 18.8. The zero-order valence-corrected chi connectivity index (χ0v) is 15.9. The van der Waals surface area contributed by atoms with E-state index in [1.165, 1.54) is 12.1 Å². The number of rotatable bonds is 3. The van der Waals surface area contributed by atoms with Gasteiger partial charge in [-0.3, -0.25) is 9.59 Å². The van der Waals surface area contributed by atoms with E-state index in [1.54, 1.807) is 6.92 Å². The Hall–Kier alpha value is -2.57. The van der Waals surface area contributed by atoms with E-state index in [-0.39, 0.29) is 29.7 Å². The maximum absolute atomic E-state index is 13.7. The predicted molar refractivity (Wildman–Crippen MR) is 100 cm³/mol. The molecule has 1 fully saturated rings. The van der Waals surface area contributed by atoms with Gasteiger partial charge < -0.3 is 9.88 Å². The summed E-state index contributed by atoms with van der Waals surface area (Å²) in [5.41, 5.74) is 1.89. The zero-order chi connectivity index (χ0) is 19.9. The summed E-state index contributed by atoms with van der Waals surface area (Å²) in [6.45, 7) is 3.01. The van der Waals surface area contributed by atoms with Crippen molar-refractivity contribution in [1.29, 1.82) is 0 Å². The molecule has 1 aromatic carbocycles. The van der Waals surface area contributed by atoms with Crippen LogP contribution in [-0.2, 0) is 23.1 Å². The van der Waals surface area contributed by atoms with Crippen molar-refractivity contribution >= 4 is 5.91 Å². The number of carbonyl (C=O) groups excluding carboxylic acids is 1. The second-order valence-corrected chi connectivity index (χ2v) is 7.88. The third-order valence-corrected chi connectivity index (χ3v) is 6.19. The number of hydrogen-bond acceptors (Lipinski definition) is 3. The quantitative estimate of drug-likeness (QED) is 0.881. The standard InChI is InChI=1S/C21H23F2N3O2/c1-13-24-19-16(20(28)25-13)6-7-21(19)8-10-26(11-9-21)18(27)5-3-14-2-4-15(22)12-17(14)23/h2,4,12H,3,5-11H2,1H3,(H,24,25,28). The van der Waals surface area contributed by atoms with Crippen LogP contribution in [0.2, 0.25) is 0 Å². The summed E-state index contributed by atoms with van der Waals surface area (Å²) in [7, 11) is 0. The molecule has 7 heteroatoms. The molecule has 1 spiro atoms. The molecule has 28 heavy (non-hydrogen) atoms. The number of carbonyl (C=O) groups is 1. The molecule has 1 aliphatic carbocycles. The number of hydrogen-bond donors (Lipinski definition) is 1. The minimum atomic E-state index is -0.617. The van der Waals surface area contributed by atoms with Gasteiger partial charge in [-0.15, -0.1) is 0 Å². The minimum absolute atomic E-state index is 0.0214. The van der Waals surface area contributed by atoms with Crippen molar-refractivity contribution in [2.45, 2.75) is 50.9 Å². The molecule has 2 aromatic rings. The van der Waals surface area contributed by atoms with Gasteiger partial charge in [-0.25, -0.2) is 13.8 Å². The lowest BCUT2D eigenvalue weighted by Gasteiger charge is -2.39. The third kappa shape index (κ3) is 3.34. The molecule has 0 atom stereocenters. The molecule has 1 aliphatic heterocycles. The largest absolute Gasteiger partial charge is 0.343 e. The summed E-state index contributed by atoms with van der Waals surface area (Å²) < 4.78 is 26.7. The number of fused-ring (bicyclic) bond motifs is 2. The molecule has 0 unspecified atom stereocenters. The average Bonchev–Trinajstić information content (AvgIpc) is 3.00. The Labute approximate surface area is 161 Å². The van der Waals surface area contributed by atoms with Crippen molar-refractivity contribution in [3.8, 4) is 0 Å². The Morgan fingerprint density at radius 2 is 2.00 bits per heavy atom. The van der Waals surface area contributed by atoms with Gasteiger partial charge in [-0.2, -0.15) is 0 Å². The maximum Gasteiger partial charge on any atom is 0.254 e. The van der Waals surface area contributed by atoms with Gasteiger partial charge in [-0.1, -0.05) is 6.07 Å². The third-order valence-electron chi connectivity index (χ3n) is 6.19. The highest BCUT2D eigenvalue weighted by molar-refractivity contribution is 5.76. The molecular formula is C21H23F2N3O2. The van der Waals surface area contributed by atoms with Crippen LogP contribution in [0.3, 0.4) is 0 Å². The first-order chi connectivity index (χ1) is 13.4. The van der Waals surface area contributed by atoms with Gasteiger partial charge >= 0.3 is 0 Å². The van der Waals surface area contributed by atoms with E-state index < -0.39 is 11.6 Å². The number of amides is 1. The normalized spacial score (nSPS) is 17.8. The van der Waals surface area contributed by atoms with E-state index >= 15 is 0 Å². The Kier molecular flexibility index (Phi) is 4.77. The smallest absolute Gasteiger partial charge is 0.254 e. The first-order valence-corrected chi connectivity index (χ1v) is 9.70. The number of benzene rings is 1. The molecule has 5 nitrogen and oxygen atoms in total. The van der Waals surface area contributed by atoms with Crippen molar-refractivity contribution in [1.82, 2.24) is 14.9 Å². The number of likely N-dealkylation sites (tertiary alicyclic amines) is 1. The highest BCUT2D eigenvalue weighted by Gasteiger charge is 2.44. The number of aromatic nitrogens is 2. The molecule has 148 valence electrons. The molecule has 4 rings (SSSR count). The van der Waals surface area contributed by atoms with Gasteiger partial charge in [0.1, 0.15) is 17.5 Å². The molecule has 1 N–H and O–H groups in total. The Balaban J connectivity index is 1.40. The average molecular weight is 387 g/mol. The Bertz CT molecular complexity index is 978. The van der Waals surface area contributed by atoms with Crippen LogP contribution in [0.25, 0.3) is 0 Å². The maximum atomic E-state index is 13.7. The summed E-state index contributed by atoms with van der Waals surface area (Å²) >= 11 is 0. The van der Waals surface area contributed by atoms with E-state index in [2.05, 4.69) is 9.97 Å². The highest BCUT2D eigenvalue weighted by Crippen LogP contribution is 2.44. The van der Waals surface area contributed by atoms with Crippen LogP contribution in [0.1, 0.15) is 48.3 Å². The van der Waals surface area contributed by atoms with E-state index in [0.717, 1.165) is 43.0 Å². The number of halogens is 2. The van der Waals surface area contributed by atoms with Crippen LogP contribution in [0.5, 0.6) is 0 Å². The predicted octanol–water partition coefficient (Wildman–Crippen LogP) is 2.80. The molecule has 2 heterocycles. The topological polar surface area (TPSA) is 66.1 Å². The number of nitrogens with zero attached hydrogens (tertiary/aromatic N) is 2. The number of nitrogens with one attached hydrogen (secondary N) is 1. The van der Waals surface area contributed by atoms with Crippen molar-refractivity contribution in [2.75, 3.05) is 13.1 Å². The molecule has 1 amide bonds. The molecule has 1 aromatic heterocycles. The number of H-pyrrole nitrogens is 1. The van der Waals surface area contributed by atoms with E-state index in [9.17, 15) is 18.4 Å². The van der Waals surface area contributed by atoms with Crippen LogP contribution in [0, 0.1) is 18.6 Å². The van der Waals surface area contributed by atoms with Crippen molar-refractivity contribution in [2.24, 2.45) is 0 Å². The summed E-state index contributed by atoms with van der Waals surface area (Å²) in [5.74, 6) is -0.621. The van der Waals surface area contributed by atoms with Crippen molar-refractivity contribution < 1.29 is 13.6 Å². The van der Waals surface area contributed by atoms with E-state index in [1.807, 2.05) is 4.90 Å². The second kappa shape index (κ2) is 7.11. The second-order valence-electron chi connectivity index (χ2n) is 7.88. The van der Waals surface area contributed by atoms with Gasteiger partial charge in [0.15, 0.2) is 0 Å². The fourth-order valence-electron chi connectivity index (χ4n) is 4.56. The van der Waals surface area contributed by atoms with Crippen LogP contribution in [0.4, 0.5) is 8.78 Å². The van der Waals surface area contributed by atoms with Gasteiger partial charge in [0.2, 0.25) is 5.91 Å². The molecular weight excluding hydrogens is 364 g/mol. The summed E-state index contributed by atoms with van der Waals surface area (Å²) in [5, 5.41) is 0. The summed E-state index contributed by atoms with van der Waals surface area (Å²) in [6, 6.07) is 3.45.